The maximum absolute atomic E-state index is 12.9. The quantitative estimate of drug-likeness (QED) is 0.779. The minimum Gasteiger partial charge on any atom is -0.326 e. The molecule has 2 N–H and O–H groups in total. The largest absolute Gasteiger partial charge is 0.326 e. The zero-order valence-corrected chi connectivity index (χ0v) is 10.3. The van der Waals surface area contributed by atoms with E-state index < -0.39 is 0 Å². The average molecular weight is 256 g/mol. The number of hydrogen-bond donors (Lipinski definition) is 1. The van der Waals surface area contributed by atoms with Crippen LogP contribution in [0, 0.1) is 5.82 Å². The van der Waals surface area contributed by atoms with Crippen molar-refractivity contribution >= 4 is 5.65 Å². The molecule has 0 unspecified atom stereocenters. The zero-order chi connectivity index (χ0) is 13.2. The van der Waals surface area contributed by atoms with Gasteiger partial charge in [-0.05, 0) is 35.4 Å². The van der Waals surface area contributed by atoms with Gasteiger partial charge in [-0.25, -0.2) is 4.39 Å². The van der Waals surface area contributed by atoms with E-state index in [1.807, 2.05) is 22.7 Å². The number of halogens is 1. The number of nitrogens with two attached hydrogens (primary N) is 1. The molecular formula is C14H13FN4. The van der Waals surface area contributed by atoms with Crippen LogP contribution in [0.5, 0.6) is 0 Å². The summed E-state index contributed by atoms with van der Waals surface area (Å²) in [6, 6.07) is 10.3. The third kappa shape index (κ3) is 2.32. The maximum atomic E-state index is 12.9. The van der Waals surface area contributed by atoms with Crippen LogP contribution in [0.2, 0.25) is 0 Å². The number of hydrogen-bond acceptors (Lipinski definition) is 3. The SMILES string of the molecule is NCc1ccn2c(Cc3ccc(F)cc3)nnc2c1. The summed E-state index contributed by atoms with van der Waals surface area (Å²) in [7, 11) is 0. The van der Waals surface area contributed by atoms with Crippen LogP contribution in [0.15, 0.2) is 42.6 Å². The highest BCUT2D eigenvalue weighted by Crippen LogP contribution is 2.12. The van der Waals surface area contributed by atoms with Gasteiger partial charge in [-0.15, -0.1) is 10.2 Å². The summed E-state index contributed by atoms with van der Waals surface area (Å²) in [5, 5.41) is 8.29. The molecule has 0 spiro atoms. The first-order chi connectivity index (χ1) is 9.26. The van der Waals surface area contributed by atoms with E-state index in [2.05, 4.69) is 10.2 Å². The van der Waals surface area contributed by atoms with Gasteiger partial charge in [-0.3, -0.25) is 4.40 Å². The molecule has 5 heteroatoms. The molecule has 3 aromatic rings. The van der Waals surface area contributed by atoms with Gasteiger partial charge in [-0.2, -0.15) is 0 Å². The molecule has 0 atom stereocenters. The van der Waals surface area contributed by atoms with Crippen molar-refractivity contribution in [1.82, 2.24) is 14.6 Å². The van der Waals surface area contributed by atoms with Gasteiger partial charge in [0.25, 0.3) is 0 Å². The average Bonchev–Trinajstić information content (AvgIpc) is 2.83. The van der Waals surface area contributed by atoms with Crippen LogP contribution in [-0.2, 0) is 13.0 Å². The molecule has 19 heavy (non-hydrogen) atoms. The second-order valence-corrected chi connectivity index (χ2v) is 4.39. The van der Waals surface area contributed by atoms with Crippen molar-refractivity contribution in [1.29, 1.82) is 0 Å². The van der Waals surface area contributed by atoms with Gasteiger partial charge in [0.1, 0.15) is 11.6 Å². The van der Waals surface area contributed by atoms with E-state index >= 15 is 0 Å². The Labute approximate surface area is 109 Å². The number of pyridine rings is 1. The first-order valence-corrected chi connectivity index (χ1v) is 6.03. The monoisotopic (exact) mass is 256 g/mol. The fourth-order valence-electron chi connectivity index (χ4n) is 2.01. The van der Waals surface area contributed by atoms with E-state index in [1.54, 1.807) is 12.1 Å². The molecular weight excluding hydrogens is 243 g/mol. The molecule has 2 aromatic heterocycles. The predicted molar refractivity (Wildman–Crippen MR) is 70.1 cm³/mol. The number of benzene rings is 1. The zero-order valence-electron chi connectivity index (χ0n) is 10.3. The lowest BCUT2D eigenvalue weighted by molar-refractivity contribution is 0.627. The molecule has 2 heterocycles. The topological polar surface area (TPSA) is 56.2 Å². The minimum absolute atomic E-state index is 0.234. The lowest BCUT2D eigenvalue weighted by Gasteiger charge is -2.02. The molecule has 0 aliphatic carbocycles. The van der Waals surface area contributed by atoms with E-state index in [1.165, 1.54) is 12.1 Å². The Balaban J connectivity index is 1.95. The fourth-order valence-corrected chi connectivity index (χ4v) is 2.01. The second-order valence-electron chi connectivity index (χ2n) is 4.39. The first-order valence-electron chi connectivity index (χ1n) is 6.03. The van der Waals surface area contributed by atoms with Gasteiger partial charge < -0.3 is 5.73 Å². The molecule has 0 bridgehead atoms. The predicted octanol–water partition coefficient (Wildman–Crippen LogP) is 1.92. The van der Waals surface area contributed by atoms with E-state index in [-0.39, 0.29) is 5.82 Å². The number of rotatable bonds is 3. The molecule has 0 fully saturated rings. The molecule has 96 valence electrons. The van der Waals surface area contributed by atoms with Crippen LogP contribution in [-0.4, -0.2) is 14.6 Å². The number of aromatic nitrogens is 3. The summed E-state index contributed by atoms with van der Waals surface area (Å²) in [5.74, 6) is 0.590. The van der Waals surface area contributed by atoms with Crippen LogP contribution >= 0.6 is 0 Å². The van der Waals surface area contributed by atoms with Crippen LogP contribution in [0.1, 0.15) is 17.0 Å². The fraction of sp³-hybridized carbons (Fsp3) is 0.143. The van der Waals surface area contributed by atoms with Crippen molar-refractivity contribution in [3.8, 4) is 0 Å². The highest BCUT2D eigenvalue weighted by Gasteiger charge is 2.06. The Morgan fingerprint density at radius 3 is 2.58 bits per heavy atom. The third-order valence-corrected chi connectivity index (χ3v) is 3.06. The molecule has 4 nitrogen and oxygen atoms in total. The Morgan fingerprint density at radius 1 is 1.05 bits per heavy atom. The van der Waals surface area contributed by atoms with Crippen molar-refractivity contribution in [2.45, 2.75) is 13.0 Å². The Morgan fingerprint density at radius 2 is 1.84 bits per heavy atom. The van der Waals surface area contributed by atoms with Crippen molar-refractivity contribution in [3.05, 3.63) is 65.4 Å². The normalized spacial score (nSPS) is 11.1. The molecule has 0 radical (unpaired) electrons. The van der Waals surface area contributed by atoms with Crippen LogP contribution in [0.4, 0.5) is 4.39 Å². The van der Waals surface area contributed by atoms with Crippen molar-refractivity contribution in [2.24, 2.45) is 5.73 Å². The number of fused-ring (bicyclic) bond motifs is 1. The lowest BCUT2D eigenvalue weighted by Crippen LogP contribution is -1.99. The van der Waals surface area contributed by atoms with Crippen LogP contribution in [0.25, 0.3) is 5.65 Å². The number of nitrogens with zero attached hydrogens (tertiary/aromatic N) is 3. The van der Waals surface area contributed by atoms with Gasteiger partial charge in [0, 0.05) is 19.2 Å². The summed E-state index contributed by atoms with van der Waals surface area (Å²) in [6.07, 6.45) is 2.53. The Hall–Kier alpha value is -2.27. The lowest BCUT2D eigenvalue weighted by atomic mass is 10.1. The summed E-state index contributed by atoms with van der Waals surface area (Å²) in [4.78, 5) is 0. The smallest absolute Gasteiger partial charge is 0.161 e. The third-order valence-electron chi connectivity index (χ3n) is 3.06. The highest BCUT2D eigenvalue weighted by atomic mass is 19.1. The van der Waals surface area contributed by atoms with Crippen LogP contribution in [0.3, 0.4) is 0 Å². The van der Waals surface area contributed by atoms with E-state index in [0.29, 0.717) is 13.0 Å². The van der Waals surface area contributed by atoms with Gasteiger partial charge in [0.15, 0.2) is 5.65 Å². The molecule has 0 saturated heterocycles. The van der Waals surface area contributed by atoms with Gasteiger partial charge >= 0.3 is 0 Å². The Kier molecular flexibility index (Phi) is 2.97. The summed E-state index contributed by atoms with van der Waals surface area (Å²) < 4.78 is 14.8. The van der Waals surface area contributed by atoms with Crippen molar-refractivity contribution in [2.75, 3.05) is 0 Å². The van der Waals surface area contributed by atoms with E-state index in [4.69, 9.17) is 5.73 Å². The van der Waals surface area contributed by atoms with E-state index in [9.17, 15) is 4.39 Å². The molecule has 0 saturated carbocycles. The van der Waals surface area contributed by atoms with Gasteiger partial charge in [0.2, 0.25) is 0 Å². The van der Waals surface area contributed by atoms with Crippen LogP contribution < -0.4 is 5.73 Å². The van der Waals surface area contributed by atoms with Crippen molar-refractivity contribution < 1.29 is 4.39 Å². The molecule has 0 amide bonds. The molecule has 0 aliphatic heterocycles. The summed E-state index contributed by atoms with van der Waals surface area (Å²) in [6.45, 7) is 0.483. The Bertz CT molecular complexity index is 703. The molecule has 0 aliphatic rings. The maximum Gasteiger partial charge on any atom is 0.161 e. The first kappa shape index (κ1) is 11.8. The standard InChI is InChI=1S/C14H13FN4/c15-12-3-1-10(2-4-12)7-13-17-18-14-8-11(9-16)5-6-19(13)14/h1-6,8H,7,9,16H2. The van der Waals surface area contributed by atoms with Gasteiger partial charge in [0.05, 0.1) is 0 Å². The summed E-state index contributed by atoms with van der Waals surface area (Å²) in [5.41, 5.74) is 8.39. The second kappa shape index (κ2) is 4.78. The van der Waals surface area contributed by atoms with Gasteiger partial charge in [-0.1, -0.05) is 12.1 Å². The molecule has 1 aromatic carbocycles. The molecule has 3 rings (SSSR count). The van der Waals surface area contributed by atoms with Crippen molar-refractivity contribution in [3.63, 3.8) is 0 Å². The van der Waals surface area contributed by atoms with E-state index in [0.717, 1.165) is 22.6 Å². The minimum atomic E-state index is -0.234. The summed E-state index contributed by atoms with van der Waals surface area (Å²) >= 11 is 0. The highest BCUT2D eigenvalue weighted by molar-refractivity contribution is 5.41.